The second-order valence-corrected chi connectivity index (χ2v) is 3.42. The highest BCUT2D eigenvalue weighted by Gasteiger charge is 2.01. The Hall–Kier alpha value is -1.60. The molecule has 0 saturated carbocycles. The third kappa shape index (κ3) is 1.60. The van der Waals surface area contributed by atoms with Crippen LogP contribution in [-0.4, -0.2) is 14.8 Å². The maximum absolute atomic E-state index is 5.30. The molecule has 0 aliphatic rings. The Bertz CT molecular complexity index is 422. The summed E-state index contributed by atoms with van der Waals surface area (Å²) in [4.78, 5) is 4.16. The van der Waals surface area contributed by atoms with Gasteiger partial charge in [0.2, 0.25) is 0 Å². The average molecular weight is 189 g/mol. The van der Waals surface area contributed by atoms with Gasteiger partial charge in [-0.3, -0.25) is 4.68 Å². The summed E-state index contributed by atoms with van der Waals surface area (Å²) < 4.78 is 1.76. The van der Waals surface area contributed by atoms with E-state index in [1.54, 1.807) is 28.4 Å². The molecule has 4 heteroatoms. The van der Waals surface area contributed by atoms with Gasteiger partial charge in [-0.15, -0.1) is 17.8 Å². The van der Waals surface area contributed by atoms with Crippen molar-refractivity contribution in [2.45, 2.75) is 6.54 Å². The van der Waals surface area contributed by atoms with Gasteiger partial charge in [-0.1, -0.05) is 5.92 Å². The van der Waals surface area contributed by atoms with Crippen molar-refractivity contribution in [2.75, 3.05) is 0 Å². The van der Waals surface area contributed by atoms with Crippen molar-refractivity contribution in [3.8, 4) is 12.3 Å². The SMILES string of the molecule is C#Cc1ccnn1Cc1nccs1. The van der Waals surface area contributed by atoms with Gasteiger partial charge in [-0.05, 0) is 6.07 Å². The Balaban J connectivity index is 2.24. The van der Waals surface area contributed by atoms with Crippen molar-refractivity contribution in [1.82, 2.24) is 14.8 Å². The standard InChI is InChI=1S/C9H7N3S/c1-2-8-3-4-11-12(8)7-9-10-5-6-13-9/h1,3-6H,7H2. The topological polar surface area (TPSA) is 30.7 Å². The highest BCUT2D eigenvalue weighted by molar-refractivity contribution is 7.09. The zero-order valence-corrected chi connectivity index (χ0v) is 7.66. The van der Waals surface area contributed by atoms with Crippen molar-refractivity contribution < 1.29 is 0 Å². The predicted octanol–water partition coefficient (Wildman–Crippen LogP) is 1.37. The van der Waals surface area contributed by atoms with Crippen LogP contribution in [0, 0.1) is 12.3 Å². The summed E-state index contributed by atoms with van der Waals surface area (Å²) in [7, 11) is 0. The molecule has 0 unspecified atom stereocenters. The van der Waals surface area contributed by atoms with Crippen LogP contribution in [0.25, 0.3) is 0 Å². The summed E-state index contributed by atoms with van der Waals surface area (Å²) in [6.45, 7) is 0.657. The monoisotopic (exact) mass is 189 g/mol. The van der Waals surface area contributed by atoms with E-state index in [4.69, 9.17) is 6.42 Å². The van der Waals surface area contributed by atoms with Gasteiger partial charge in [-0.25, -0.2) is 4.98 Å². The van der Waals surface area contributed by atoms with Gasteiger partial charge < -0.3 is 0 Å². The second-order valence-electron chi connectivity index (χ2n) is 2.44. The molecular formula is C9H7N3S. The Morgan fingerprint density at radius 2 is 2.46 bits per heavy atom. The van der Waals surface area contributed by atoms with E-state index in [0.717, 1.165) is 10.7 Å². The van der Waals surface area contributed by atoms with Crippen molar-refractivity contribution in [3.63, 3.8) is 0 Å². The molecule has 2 aromatic rings. The molecule has 0 fully saturated rings. The molecule has 0 spiro atoms. The van der Waals surface area contributed by atoms with E-state index in [1.165, 1.54) is 0 Å². The maximum Gasteiger partial charge on any atom is 0.114 e. The van der Waals surface area contributed by atoms with E-state index in [1.807, 2.05) is 11.4 Å². The fraction of sp³-hybridized carbons (Fsp3) is 0.111. The zero-order chi connectivity index (χ0) is 9.10. The lowest BCUT2D eigenvalue weighted by Gasteiger charge is -1.98. The first kappa shape index (κ1) is 8.02. The number of thiazole rings is 1. The Labute approximate surface area is 80.0 Å². The predicted molar refractivity (Wildman–Crippen MR) is 51.4 cm³/mol. The summed E-state index contributed by atoms with van der Waals surface area (Å²) in [6.07, 6.45) is 8.77. The van der Waals surface area contributed by atoms with Crippen LogP contribution in [-0.2, 0) is 6.54 Å². The highest BCUT2D eigenvalue weighted by atomic mass is 32.1. The molecule has 13 heavy (non-hydrogen) atoms. The number of rotatable bonds is 2. The van der Waals surface area contributed by atoms with Gasteiger partial charge in [0.1, 0.15) is 10.7 Å². The highest BCUT2D eigenvalue weighted by Crippen LogP contribution is 2.07. The van der Waals surface area contributed by atoms with E-state index >= 15 is 0 Å². The molecular weight excluding hydrogens is 182 g/mol. The van der Waals surface area contributed by atoms with Gasteiger partial charge in [0.25, 0.3) is 0 Å². The minimum atomic E-state index is 0.657. The molecule has 0 aliphatic carbocycles. The molecule has 0 radical (unpaired) electrons. The van der Waals surface area contributed by atoms with E-state index in [9.17, 15) is 0 Å². The Morgan fingerprint density at radius 3 is 3.15 bits per heavy atom. The number of terminal acetylenes is 1. The van der Waals surface area contributed by atoms with Crippen LogP contribution in [0.4, 0.5) is 0 Å². The summed E-state index contributed by atoms with van der Waals surface area (Å²) in [5.41, 5.74) is 0.787. The van der Waals surface area contributed by atoms with E-state index in [2.05, 4.69) is 16.0 Å². The molecule has 2 heterocycles. The van der Waals surface area contributed by atoms with Gasteiger partial charge in [0.15, 0.2) is 0 Å². The minimum Gasteiger partial charge on any atom is -0.250 e. The van der Waals surface area contributed by atoms with Crippen molar-refractivity contribution in [3.05, 3.63) is 34.5 Å². The van der Waals surface area contributed by atoms with Crippen LogP contribution in [0.1, 0.15) is 10.7 Å². The molecule has 0 aliphatic heterocycles. The molecule has 0 saturated heterocycles. The first-order valence-corrected chi connectivity index (χ1v) is 4.65. The summed E-state index contributed by atoms with van der Waals surface area (Å²) in [5, 5.41) is 7.06. The molecule has 2 rings (SSSR count). The number of nitrogens with zero attached hydrogens (tertiary/aromatic N) is 3. The summed E-state index contributed by atoms with van der Waals surface area (Å²) in [6, 6.07) is 1.81. The number of hydrogen-bond acceptors (Lipinski definition) is 3. The Kier molecular flexibility index (Phi) is 2.11. The average Bonchev–Trinajstić information content (AvgIpc) is 2.76. The fourth-order valence-electron chi connectivity index (χ4n) is 1.04. The van der Waals surface area contributed by atoms with Crippen LogP contribution < -0.4 is 0 Å². The second kappa shape index (κ2) is 3.42. The third-order valence-corrected chi connectivity index (χ3v) is 2.40. The maximum atomic E-state index is 5.30. The molecule has 0 amide bonds. The van der Waals surface area contributed by atoms with Crippen molar-refractivity contribution in [2.24, 2.45) is 0 Å². The minimum absolute atomic E-state index is 0.657. The normalized spacial score (nSPS) is 9.77. The van der Waals surface area contributed by atoms with Crippen LogP contribution in [0.2, 0.25) is 0 Å². The number of aromatic nitrogens is 3. The van der Waals surface area contributed by atoms with Crippen LogP contribution >= 0.6 is 11.3 Å². The molecule has 0 aromatic carbocycles. The lowest BCUT2D eigenvalue weighted by atomic mass is 10.4. The zero-order valence-electron chi connectivity index (χ0n) is 6.84. The van der Waals surface area contributed by atoms with Gasteiger partial charge in [0.05, 0.1) is 12.7 Å². The van der Waals surface area contributed by atoms with Crippen LogP contribution in [0.3, 0.4) is 0 Å². The van der Waals surface area contributed by atoms with Crippen molar-refractivity contribution in [1.29, 1.82) is 0 Å². The van der Waals surface area contributed by atoms with Gasteiger partial charge in [0, 0.05) is 11.6 Å². The quantitative estimate of drug-likeness (QED) is 0.668. The van der Waals surface area contributed by atoms with E-state index in [0.29, 0.717) is 6.54 Å². The lowest BCUT2D eigenvalue weighted by Crippen LogP contribution is -2.03. The first-order valence-electron chi connectivity index (χ1n) is 3.77. The molecule has 0 bridgehead atoms. The smallest absolute Gasteiger partial charge is 0.114 e. The summed E-state index contributed by atoms with van der Waals surface area (Å²) in [5.74, 6) is 2.57. The lowest BCUT2D eigenvalue weighted by molar-refractivity contribution is 0.675. The van der Waals surface area contributed by atoms with Crippen LogP contribution in [0.15, 0.2) is 23.8 Å². The summed E-state index contributed by atoms with van der Waals surface area (Å²) >= 11 is 1.60. The van der Waals surface area contributed by atoms with Gasteiger partial charge >= 0.3 is 0 Å². The Morgan fingerprint density at radius 1 is 1.54 bits per heavy atom. The van der Waals surface area contributed by atoms with Crippen molar-refractivity contribution >= 4 is 11.3 Å². The third-order valence-electron chi connectivity index (χ3n) is 1.63. The fourth-order valence-corrected chi connectivity index (χ4v) is 1.64. The largest absolute Gasteiger partial charge is 0.250 e. The first-order chi connectivity index (χ1) is 6.40. The molecule has 0 N–H and O–H groups in total. The van der Waals surface area contributed by atoms with Gasteiger partial charge in [-0.2, -0.15) is 5.10 Å². The molecule has 64 valence electrons. The molecule has 3 nitrogen and oxygen atoms in total. The van der Waals surface area contributed by atoms with E-state index < -0.39 is 0 Å². The van der Waals surface area contributed by atoms with Crippen LogP contribution in [0.5, 0.6) is 0 Å². The molecule has 2 aromatic heterocycles. The number of hydrogen-bond donors (Lipinski definition) is 0. The molecule has 0 atom stereocenters. The van der Waals surface area contributed by atoms with E-state index in [-0.39, 0.29) is 0 Å².